The van der Waals surface area contributed by atoms with Crippen LogP contribution < -0.4 is 5.32 Å². The number of unbranched alkanes of at least 4 members (excludes halogenated alkanes) is 5. The van der Waals surface area contributed by atoms with E-state index in [9.17, 15) is 9.59 Å². The number of esters is 1. The monoisotopic (exact) mass is 337 g/mol. The summed E-state index contributed by atoms with van der Waals surface area (Å²) in [6.45, 7) is 6.62. The molecule has 1 aromatic rings. The van der Waals surface area contributed by atoms with Gasteiger partial charge in [0.15, 0.2) is 5.76 Å². The summed E-state index contributed by atoms with van der Waals surface area (Å²) in [7, 11) is 0. The van der Waals surface area contributed by atoms with Crippen LogP contribution in [0.4, 0.5) is 0 Å². The first-order chi connectivity index (χ1) is 11.5. The minimum absolute atomic E-state index is 0.201. The van der Waals surface area contributed by atoms with Gasteiger partial charge in [-0.25, -0.2) is 4.79 Å². The standard InChI is InChI=1S/C19H31NO4/c1-4-5-6-7-8-9-12-24-19(22)16(14-15(2)3)20-18(21)17-11-10-13-23-17/h10-11,13,15-16H,4-9,12,14H2,1-3H3,(H,20,21). The van der Waals surface area contributed by atoms with Crippen LogP contribution in [0.3, 0.4) is 0 Å². The van der Waals surface area contributed by atoms with Crippen LogP contribution in [0.5, 0.6) is 0 Å². The lowest BCUT2D eigenvalue weighted by Crippen LogP contribution is -2.42. The number of nitrogens with one attached hydrogen (secondary N) is 1. The summed E-state index contributed by atoms with van der Waals surface area (Å²) in [6, 6.07) is 2.58. The highest BCUT2D eigenvalue weighted by molar-refractivity contribution is 5.94. The molecule has 0 aromatic carbocycles. The summed E-state index contributed by atoms with van der Waals surface area (Å²) in [5.74, 6) is -0.277. The van der Waals surface area contributed by atoms with E-state index in [0.29, 0.717) is 13.0 Å². The zero-order valence-electron chi connectivity index (χ0n) is 15.2. The van der Waals surface area contributed by atoms with Crippen molar-refractivity contribution in [3.8, 4) is 0 Å². The quantitative estimate of drug-likeness (QED) is 0.455. The van der Waals surface area contributed by atoms with Gasteiger partial charge in [-0.15, -0.1) is 0 Å². The van der Waals surface area contributed by atoms with Gasteiger partial charge < -0.3 is 14.5 Å². The number of ether oxygens (including phenoxy) is 1. The second-order valence-corrected chi connectivity index (χ2v) is 6.57. The van der Waals surface area contributed by atoms with Gasteiger partial charge in [-0.3, -0.25) is 4.79 Å². The number of amides is 1. The van der Waals surface area contributed by atoms with Gasteiger partial charge in [-0.1, -0.05) is 52.9 Å². The van der Waals surface area contributed by atoms with E-state index in [0.717, 1.165) is 12.8 Å². The maximum atomic E-state index is 12.3. The van der Waals surface area contributed by atoms with Crippen molar-refractivity contribution in [2.45, 2.75) is 71.8 Å². The third-order valence-electron chi connectivity index (χ3n) is 3.78. The minimum Gasteiger partial charge on any atom is -0.464 e. The first-order valence-corrected chi connectivity index (χ1v) is 9.05. The molecule has 5 heteroatoms. The molecule has 1 rings (SSSR count). The molecule has 136 valence electrons. The Kier molecular flexibility index (Phi) is 9.89. The number of hydrogen-bond acceptors (Lipinski definition) is 4. The van der Waals surface area contributed by atoms with Crippen molar-refractivity contribution in [2.75, 3.05) is 6.61 Å². The number of carbonyl (C=O) groups excluding carboxylic acids is 2. The number of rotatable bonds is 12. The van der Waals surface area contributed by atoms with Crippen LogP contribution in [-0.2, 0) is 9.53 Å². The molecule has 0 radical (unpaired) electrons. The van der Waals surface area contributed by atoms with E-state index in [1.807, 2.05) is 13.8 Å². The lowest BCUT2D eigenvalue weighted by atomic mass is 10.0. The first kappa shape index (κ1) is 20.3. The van der Waals surface area contributed by atoms with E-state index in [1.165, 1.54) is 31.9 Å². The van der Waals surface area contributed by atoms with E-state index in [1.54, 1.807) is 12.1 Å². The van der Waals surface area contributed by atoms with Crippen molar-refractivity contribution in [3.05, 3.63) is 24.2 Å². The Balaban J connectivity index is 2.37. The van der Waals surface area contributed by atoms with E-state index in [2.05, 4.69) is 12.2 Å². The number of furan rings is 1. The molecular weight excluding hydrogens is 306 g/mol. The van der Waals surface area contributed by atoms with Gasteiger partial charge in [0.05, 0.1) is 12.9 Å². The van der Waals surface area contributed by atoms with E-state index < -0.39 is 6.04 Å². The van der Waals surface area contributed by atoms with Crippen LogP contribution in [-0.4, -0.2) is 24.5 Å². The number of carbonyl (C=O) groups is 2. The van der Waals surface area contributed by atoms with Gasteiger partial charge in [-0.2, -0.15) is 0 Å². The zero-order chi connectivity index (χ0) is 17.8. The van der Waals surface area contributed by atoms with Crippen molar-refractivity contribution >= 4 is 11.9 Å². The van der Waals surface area contributed by atoms with Gasteiger partial charge in [0, 0.05) is 0 Å². The van der Waals surface area contributed by atoms with E-state index in [-0.39, 0.29) is 23.6 Å². The summed E-state index contributed by atoms with van der Waals surface area (Å²) in [5, 5.41) is 2.71. The van der Waals surface area contributed by atoms with Crippen LogP contribution >= 0.6 is 0 Å². The molecule has 5 nitrogen and oxygen atoms in total. The maximum Gasteiger partial charge on any atom is 0.328 e. The minimum atomic E-state index is -0.636. The van der Waals surface area contributed by atoms with Crippen molar-refractivity contribution in [2.24, 2.45) is 5.92 Å². The molecule has 0 fully saturated rings. The molecule has 1 N–H and O–H groups in total. The molecule has 1 unspecified atom stereocenters. The van der Waals surface area contributed by atoms with Crippen LogP contribution in [0.25, 0.3) is 0 Å². The molecule has 0 spiro atoms. The van der Waals surface area contributed by atoms with Crippen molar-refractivity contribution in [3.63, 3.8) is 0 Å². The summed E-state index contributed by atoms with van der Waals surface area (Å²) in [4.78, 5) is 24.3. The Hall–Kier alpha value is -1.78. The molecule has 0 saturated carbocycles. The predicted molar refractivity (Wildman–Crippen MR) is 93.8 cm³/mol. The Morgan fingerprint density at radius 3 is 2.50 bits per heavy atom. The molecule has 0 aliphatic carbocycles. The Morgan fingerprint density at radius 2 is 1.88 bits per heavy atom. The van der Waals surface area contributed by atoms with Gasteiger partial charge in [-0.05, 0) is 30.9 Å². The third kappa shape index (κ3) is 8.18. The fraction of sp³-hybridized carbons (Fsp3) is 0.684. The molecule has 24 heavy (non-hydrogen) atoms. The molecule has 1 heterocycles. The summed E-state index contributed by atoms with van der Waals surface area (Å²) >= 11 is 0. The van der Waals surface area contributed by atoms with Gasteiger partial charge >= 0.3 is 5.97 Å². The van der Waals surface area contributed by atoms with Crippen molar-refractivity contribution in [1.82, 2.24) is 5.32 Å². The lowest BCUT2D eigenvalue weighted by molar-refractivity contribution is -0.146. The smallest absolute Gasteiger partial charge is 0.328 e. The van der Waals surface area contributed by atoms with E-state index in [4.69, 9.17) is 9.15 Å². The lowest BCUT2D eigenvalue weighted by Gasteiger charge is -2.19. The van der Waals surface area contributed by atoms with E-state index >= 15 is 0 Å². The maximum absolute atomic E-state index is 12.3. The first-order valence-electron chi connectivity index (χ1n) is 9.05. The largest absolute Gasteiger partial charge is 0.464 e. The zero-order valence-corrected chi connectivity index (χ0v) is 15.2. The second-order valence-electron chi connectivity index (χ2n) is 6.57. The molecule has 1 amide bonds. The molecular formula is C19H31NO4. The second kappa shape index (κ2) is 11.7. The Labute approximate surface area is 145 Å². The highest BCUT2D eigenvalue weighted by atomic mass is 16.5. The average molecular weight is 337 g/mol. The SMILES string of the molecule is CCCCCCCCOC(=O)C(CC(C)C)NC(=O)c1ccco1. The number of hydrogen-bond donors (Lipinski definition) is 1. The molecule has 1 atom stereocenters. The van der Waals surface area contributed by atoms with Crippen molar-refractivity contribution in [1.29, 1.82) is 0 Å². The summed E-state index contributed by atoms with van der Waals surface area (Å²) in [5.41, 5.74) is 0. The predicted octanol–water partition coefficient (Wildman–Crippen LogP) is 4.33. The molecule has 0 saturated heterocycles. The molecule has 0 aliphatic heterocycles. The van der Waals surface area contributed by atoms with Crippen LogP contribution in [0, 0.1) is 5.92 Å². The molecule has 1 aromatic heterocycles. The van der Waals surface area contributed by atoms with Crippen molar-refractivity contribution < 1.29 is 18.7 Å². The fourth-order valence-corrected chi connectivity index (χ4v) is 2.48. The summed E-state index contributed by atoms with van der Waals surface area (Å²) < 4.78 is 10.4. The normalized spacial score (nSPS) is 12.2. The fourth-order valence-electron chi connectivity index (χ4n) is 2.48. The van der Waals surface area contributed by atoms with Crippen LogP contribution in [0.1, 0.15) is 76.3 Å². The van der Waals surface area contributed by atoms with Crippen LogP contribution in [0.2, 0.25) is 0 Å². The highest BCUT2D eigenvalue weighted by Crippen LogP contribution is 2.10. The Bertz CT molecular complexity index is 468. The van der Waals surface area contributed by atoms with Gasteiger partial charge in [0.25, 0.3) is 5.91 Å². The molecule has 0 bridgehead atoms. The van der Waals surface area contributed by atoms with Gasteiger partial charge in [0.2, 0.25) is 0 Å². The summed E-state index contributed by atoms with van der Waals surface area (Å²) in [6.07, 6.45) is 8.81. The average Bonchev–Trinajstić information content (AvgIpc) is 3.07. The van der Waals surface area contributed by atoms with Gasteiger partial charge in [0.1, 0.15) is 6.04 Å². The van der Waals surface area contributed by atoms with Crippen LogP contribution in [0.15, 0.2) is 22.8 Å². The Morgan fingerprint density at radius 1 is 1.17 bits per heavy atom. The highest BCUT2D eigenvalue weighted by Gasteiger charge is 2.24. The third-order valence-corrected chi connectivity index (χ3v) is 3.78. The topological polar surface area (TPSA) is 68.5 Å². The molecule has 0 aliphatic rings.